The van der Waals surface area contributed by atoms with Crippen LogP contribution in [0.15, 0.2) is 17.1 Å². The van der Waals surface area contributed by atoms with E-state index in [9.17, 15) is 0 Å². The van der Waals surface area contributed by atoms with Crippen LogP contribution in [0.2, 0.25) is 0 Å². The van der Waals surface area contributed by atoms with E-state index in [0.29, 0.717) is 29.3 Å². The maximum Gasteiger partial charge on any atom is 0.203 e. The van der Waals surface area contributed by atoms with Crippen molar-refractivity contribution in [3.8, 4) is 17.2 Å². The second-order valence-corrected chi connectivity index (χ2v) is 6.55. The number of aliphatic imine (C=N–C) groups is 1. The first-order valence-electron chi connectivity index (χ1n) is 9.28. The van der Waals surface area contributed by atoms with Gasteiger partial charge in [0.2, 0.25) is 5.75 Å². The Balaban J connectivity index is 2.05. The molecule has 1 aliphatic rings. The average molecular weight is 380 g/mol. The first kappa shape index (κ1) is 21.3. The van der Waals surface area contributed by atoms with Crippen LogP contribution in [-0.4, -0.2) is 73.0 Å². The zero-order valence-electron chi connectivity index (χ0n) is 17.0. The standard InChI is InChI=1S/C19H33N5O3/c1-20-11-15(12-21-2)23-13-6-7-22-18(10-13)24-14-8-16(25-3)19(27-5)17(9-14)26-4/h7-9,13,15,18,20-21,23-24H,6,10-12H2,1-5H3. The zero-order chi connectivity index (χ0) is 19.6. The van der Waals surface area contributed by atoms with Crippen LogP contribution in [0.5, 0.6) is 17.2 Å². The molecule has 27 heavy (non-hydrogen) atoms. The van der Waals surface area contributed by atoms with Crippen molar-refractivity contribution in [2.75, 3.05) is 53.8 Å². The maximum absolute atomic E-state index is 5.43. The number of hydrogen-bond donors (Lipinski definition) is 4. The van der Waals surface area contributed by atoms with Gasteiger partial charge in [-0.15, -0.1) is 0 Å². The van der Waals surface area contributed by atoms with Crippen LogP contribution < -0.4 is 35.5 Å². The third-order valence-corrected chi connectivity index (χ3v) is 4.55. The first-order chi connectivity index (χ1) is 13.1. The lowest BCUT2D eigenvalue weighted by Crippen LogP contribution is -2.50. The molecule has 2 atom stereocenters. The highest BCUT2D eigenvalue weighted by Crippen LogP contribution is 2.40. The van der Waals surface area contributed by atoms with E-state index in [1.54, 1.807) is 21.3 Å². The van der Waals surface area contributed by atoms with Crippen LogP contribution in [-0.2, 0) is 0 Å². The van der Waals surface area contributed by atoms with Gasteiger partial charge in [-0.3, -0.25) is 4.99 Å². The molecule has 0 fully saturated rings. The van der Waals surface area contributed by atoms with Crippen molar-refractivity contribution in [1.29, 1.82) is 0 Å². The van der Waals surface area contributed by atoms with E-state index in [2.05, 4.69) is 26.3 Å². The first-order valence-corrected chi connectivity index (χ1v) is 9.28. The maximum atomic E-state index is 5.43. The number of anilines is 1. The number of hydrogen-bond acceptors (Lipinski definition) is 8. The Bertz CT molecular complexity index is 580. The minimum absolute atomic E-state index is 0.0103. The summed E-state index contributed by atoms with van der Waals surface area (Å²) in [6.45, 7) is 1.83. The summed E-state index contributed by atoms with van der Waals surface area (Å²) in [6, 6.07) is 4.55. The molecule has 0 amide bonds. The van der Waals surface area contributed by atoms with Gasteiger partial charge in [0.15, 0.2) is 11.5 Å². The van der Waals surface area contributed by atoms with Crippen LogP contribution in [0.1, 0.15) is 12.8 Å². The van der Waals surface area contributed by atoms with E-state index in [1.807, 2.05) is 32.4 Å². The number of benzene rings is 1. The highest BCUT2D eigenvalue weighted by molar-refractivity contribution is 5.64. The molecule has 8 heteroatoms. The van der Waals surface area contributed by atoms with E-state index in [0.717, 1.165) is 31.6 Å². The van der Waals surface area contributed by atoms with Gasteiger partial charge in [-0.25, -0.2) is 0 Å². The van der Waals surface area contributed by atoms with Crippen molar-refractivity contribution in [2.24, 2.45) is 4.99 Å². The fraction of sp³-hybridized carbons (Fsp3) is 0.632. The van der Waals surface area contributed by atoms with Crippen LogP contribution >= 0.6 is 0 Å². The Labute approximate surface area is 162 Å². The van der Waals surface area contributed by atoms with Crippen molar-refractivity contribution < 1.29 is 14.2 Å². The molecule has 0 saturated carbocycles. The highest BCUT2D eigenvalue weighted by Gasteiger charge is 2.22. The van der Waals surface area contributed by atoms with Crippen molar-refractivity contribution in [1.82, 2.24) is 16.0 Å². The summed E-state index contributed by atoms with van der Waals surface area (Å²) in [7, 11) is 8.78. The Morgan fingerprint density at radius 3 is 2.19 bits per heavy atom. The Morgan fingerprint density at radius 1 is 1.04 bits per heavy atom. The lowest BCUT2D eigenvalue weighted by atomic mass is 10.0. The molecule has 152 valence electrons. The van der Waals surface area contributed by atoms with Gasteiger partial charge in [0, 0.05) is 55.6 Å². The van der Waals surface area contributed by atoms with E-state index in [1.165, 1.54) is 0 Å². The van der Waals surface area contributed by atoms with Crippen LogP contribution in [0, 0.1) is 0 Å². The van der Waals surface area contributed by atoms with Gasteiger partial charge in [0.1, 0.15) is 6.17 Å². The number of nitrogens with zero attached hydrogens (tertiary/aromatic N) is 1. The molecule has 0 aromatic heterocycles. The normalized spacial score (nSPS) is 19.2. The number of methoxy groups -OCH3 is 3. The fourth-order valence-electron chi connectivity index (χ4n) is 3.35. The Kier molecular flexibility index (Phi) is 8.63. The molecule has 4 N–H and O–H groups in total. The monoisotopic (exact) mass is 379 g/mol. The third kappa shape index (κ3) is 5.98. The second-order valence-electron chi connectivity index (χ2n) is 6.55. The van der Waals surface area contributed by atoms with Gasteiger partial charge in [-0.2, -0.15) is 0 Å². The quantitative estimate of drug-likeness (QED) is 0.458. The lowest BCUT2D eigenvalue weighted by molar-refractivity contribution is 0.324. The van der Waals surface area contributed by atoms with Crippen molar-refractivity contribution >= 4 is 11.9 Å². The minimum Gasteiger partial charge on any atom is -0.493 e. The largest absolute Gasteiger partial charge is 0.493 e. The summed E-state index contributed by atoms with van der Waals surface area (Å²) in [5.74, 6) is 1.83. The SMILES string of the molecule is CNCC(CNC)NC1CC=NC(Nc2cc(OC)c(OC)c(OC)c2)C1. The van der Waals surface area contributed by atoms with Crippen LogP contribution in [0.4, 0.5) is 5.69 Å². The van der Waals surface area contributed by atoms with Crippen LogP contribution in [0.3, 0.4) is 0 Å². The number of likely N-dealkylation sites (N-methyl/N-ethyl adjacent to an activating group) is 2. The minimum atomic E-state index is -0.0103. The summed E-state index contributed by atoms with van der Waals surface area (Å²) >= 11 is 0. The third-order valence-electron chi connectivity index (χ3n) is 4.55. The van der Waals surface area contributed by atoms with Gasteiger partial charge < -0.3 is 35.5 Å². The van der Waals surface area contributed by atoms with Gasteiger partial charge in [0.25, 0.3) is 0 Å². The lowest BCUT2D eigenvalue weighted by Gasteiger charge is -2.30. The van der Waals surface area contributed by atoms with Crippen molar-refractivity contribution in [3.05, 3.63) is 12.1 Å². The fourth-order valence-corrected chi connectivity index (χ4v) is 3.35. The zero-order valence-corrected chi connectivity index (χ0v) is 17.0. The summed E-state index contributed by atoms with van der Waals surface area (Å²) in [6.07, 6.45) is 3.81. The molecular weight excluding hydrogens is 346 g/mol. The molecule has 0 saturated heterocycles. The van der Waals surface area contributed by atoms with Crippen molar-refractivity contribution in [3.63, 3.8) is 0 Å². The predicted octanol–water partition coefficient (Wildman–Crippen LogP) is 1.08. The number of ether oxygens (including phenoxy) is 3. The van der Waals surface area contributed by atoms with E-state index in [4.69, 9.17) is 14.2 Å². The second kappa shape index (κ2) is 11.0. The van der Waals surface area contributed by atoms with Gasteiger partial charge in [0.05, 0.1) is 21.3 Å². The molecule has 0 bridgehead atoms. The molecule has 8 nitrogen and oxygen atoms in total. The Morgan fingerprint density at radius 2 is 1.67 bits per heavy atom. The van der Waals surface area contributed by atoms with Crippen molar-refractivity contribution in [2.45, 2.75) is 31.1 Å². The molecule has 1 heterocycles. The van der Waals surface area contributed by atoms with E-state index < -0.39 is 0 Å². The predicted molar refractivity (Wildman–Crippen MR) is 110 cm³/mol. The molecule has 2 rings (SSSR count). The van der Waals surface area contributed by atoms with E-state index in [-0.39, 0.29) is 6.17 Å². The summed E-state index contributed by atoms with van der Waals surface area (Å²) < 4.78 is 16.2. The van der Waals surface area contributed by atoms with Gasteiger partial charge in [-0.05, 0) is 20.5 Å². The highest BCUT2D eigenvalue weighted by atomic mass is 16.5. The molecule has 1 aromatic rings. The van der Waals surface area contributed by atoms with Gasteiger partial charge in [-0.1, -0.05) is 0 Å². The van der Waals surface area contributed by atoms with E-state index >= 15 is 0 Å². The molecule has 0 spiro atoms. The average Bonchev–Trinajstić information content (AvgIpc) is 2.67. The molecular formula is C19H33N5O3. The Hall–Kier alpha value is -2.03. The molecule has 0 aliphatic carbocycles. The van der Waals surface area contributed by atoms with Gasteiger partial charge >= 0.3 is 0 Å². The molecule has 1 aliphatic heterocycles. The molecule has 1 aromatic carbocycles. The summed E-state index contributed by atoms with van der Waals surface area (Å²) in [5, 5.41) is 13.7. The smallest absolute Gasteiger partial charge is 0.203 e. The topological polar surface area (TPSA) is 88.2 Å². The molecule has 2 unspecified atom stereocenters. The summed E-state index contributed by atoms with van der Waals surface area (Å²) in [5.41, 5.74) is 0.884. The van der Waals surface area contributed by atoms with Crippen LogP contribution in [0.25, 0.3) is 0 Å². The number of rotatable bonds is 11. The molecule has 0 radical (unpaired) electrons. The summed E-state index contributed by atoms with van der Waals surface area (Å²) in [4.78, 5) is 4.61. The number of nitrogens with one attached hydrogen (secondary N) is 4.